The molecule has 0 bridgehead atoms. The van der Waals surface area contributed by atoms with Crippen molar-refractivity contribution in [2.45, 2.75) is 44.4 Å². The molecular weight excluding hydrogens is 148 g/mol. The highest BCUT2D eigenvalue weighted by molar-refractivity contribution is 4.88. The van der Waals surface area contributed by atoms with Gasteiger partial charge in [0.1, 0.15) is 18.3 Å². The van der Waals surface area contributed by atoms with Crippen molar-refractivity contribution in [2.75, 3.05) is 0 Å². The third-order valence-corrected chi connectivity index (χ3v) is 2.09. The van der Waals surface area contributed by atoms with E-state index in [1.165, 1.54) is 0 Å². The van der Waals surface area contributed by atoms with Crippen LogP contribution in [0.15, 0.2) is 0 Å². The number of hydrogen-bond donors (Lipinski definition) is 3. The minimum Gasteiger partial charge on any atom is -0.388 e. The summed E-state index contributed by atoms with van der Waals surface area (Å²) in [7, 11) is 0. The molecule has 1 fully saturated rings. The first-order valence-electron chi connectivity index (χ1n) is 3.73. The van der Waals surface area contributed by atoms with Crippen LogP contribution in [0.3, 0.4) is 0 Å². The lowest BCUT2D eigenvalue weighted by Crippen LogP contribution is -2.55. The smallest absolute Gasteiger partial charge is 0.111 e. The van der Waals surface area contributed by atoms with Crippen LogP contribution >= 0.6 is 0 Å². The molecule has 1 saturated heterocycles. The second-order valence-corrected chi connectivity index (χ2v) is 3.02. The molecule has 3 N–H and O–H groups in total. The van der Waals surface area contributed by atoms with E-state index in [4.69, 9.17) is 4.74 Å². The van der Waals surface area contributed by atoms with Gasteiger partial charge in [-0.05, 0) is 13.8 Å². The van der Waals surface area contributed by atoms with E-state index in [-0.39, 0.29) is 0 Å². The van der Waals surface area contributed by atoms with Gasteiger partial charge in [0.15, 0.2) is 0 Å². The van der Waals surface area contributed by atoms with Crippen LogP contribution in [0.1, 0.15) is 13.8 Å². The van der Waals surface area contributed by atoms with Crippen LogP contribution in [-0.2, 0) is 4.74 Å². The van der Waals surface area contributed by atoms with Gasteiger partial charge in [0.2, 0.25) is 0 Å². The van der Waals surface area contributed by atoms with Crippen LogP contribution in [0.2, 0.25) is 0 Å². The van der Waals surface area contributed by atoms with Crippen molar-refractivity contribution in [2.24, 2.45) is 0 Å². The summed E-state index contributed by atoms with van der Waals surface area (Å²) >= 11 is 0. The molecular formula is C7H14O4. The molecule has 0 aliphatic carbocycles. The number of hydrogen-bond acceptors (Lipinski definition) is 4. The Morgan fingerprint density at radius 2 is 1.18 bits per heavy atom. The van der Waals surface area contributed by atoms with Gasteiger partial charge in [-0.1, -0.05) is 0 Å². The molecule has 0 saturated carbocycles. The van der Waals surface area contributed by atoms with Crippen LogP contribution in [0.4, 0.5) is 0 Å². The molecule has 0 radical (unpaired) electrons. The molecule has 4 nitrogen and oxygen atoms in total. The number of ether oxygens (including phenoxy) is 1. The third kappa shape index (κ3) is 1.54. The minimum absolute atomic E-state index is 0.414. The summed E-state index contributed by atoms with van der Waals surface area (Å²) in [6.45, 7) is 3.33. The predicted octanol–water partition coefficient (Wildman–Crippen LogP) is -1.12. The van der Waals surface area contributed by atoms with E-state index in [0.717, 1.165) is 0 Å². The van der Waals surface area contributed by atoms with Gasteiger partial charge in [0, 0.05) is 0 Å². The number of aliphatic hydroxyl groups excluding tert-OH is 3. The van der Waals surface area contributed by atoms with Crippen molar-refractivity contribution in [1.82, 2.24) is 0 Å². The molecule has 0 spiro atoms. The third-order valence-electron chi connectivity index (χ3n) is 2.09. The molecule has 1 aliphatic rings. The second-order valence-electron chi connectivity index (χ2n) is 3.02. The Bertz CT molecular complexity index is 124. The topological polar surface area (TPSA) is 69.9 Å². The predicted molar refractivity (Wildman–Crippen MR) is 38.0 cm³/mol. The average Bonchev–Trinajstić information content (AvgIpc) is 1.97. The molecule has 1 heterocycles. The lowest BCUT2D eigenvalue weighted by Gasteiger charge is -2.37. The summed E-state index contributed by atoms with van der Waals surface area (Å²) in [5.41, 5.74) is 0. The van der Waals surface area contributed by atoms with Gasteiger partial charge in [-0.2, -0.15) is 0 Å². The fourth-order valence-corrected chi connectivity index (χ4v) is 1.26. The highest BCUT2D eigenvalue weighted by atomic mass is 16.5. The summed E-state index contributed by atoms with van der Waals surface area (Å²) in [6.07, 6.45) is -3.89. The Morgan fingerprint density at radius 3 is 1.55 bits per heavy atom. The van der Waals surface area contributed by atoms with Crippen molar-refractivity contribution in [3.8, 4) is 0 Å². The van der Waals surface area contributed by atoms with Crippen LogP contribution < -0.4 is 0 Å². The van der Waals surface area contributed by atoms with Gasteiger partial charge in [-0.25, -0.2) is 0 Å². The van der Waals surface area contributed by atoms with E-state index in [2.05, 4.69) is 0 Å². The van der Waals surface area contributed by atoms with Crippen molar-refractivity contribution >= 4 is 0 Å². The molecule has 0 amide bonds. The zero-order valence-electron chi connectivity index (χ0n) is 6.64. The number of rotatable bonds is 0. The first-order chi connectivity index (χ1) is 5.04. The van der Waals surface area contributed by atoms with E-state index in [1.54, 1.807) is 13.8 Å². The highest BCUT2D eigenvalue weighted by Gasteiger charge is 2.39. The quantitative estimate of drug-likeness (QED) is 0.422. The Kier molecular flexibility index (Phi) is 2.49. The highest BCUT2D eigenvalue weighted by Crippen LogP contribution is 2.19. The maximum atomic E-state index is 9.21. The first kappa shape index (κ1) is 8.93. The van der Waals surface area contributed by atoms with E-state index in [1.807, 2.05) is 0 Å². The molecule has 5 atom stereocenters. The first-order valence-corrected chi connectivity index (χ1v) is 3.73. The van der Waals surface area contributed by atoms with Gasteiger partial charge < -0.3 is 20.1 Å². The van der Waals surface area contributed by atoms with Crippen LogP contribution in [0.25, 0.3) is 0 Å². The molecule has 2 unspecified atom stereocenters. The Labute approximate surface area is 65.4 Å². The lowest BCUT2D eigenvalue weighted by atomic mass is 9.97. The van der Waals surface area contributed by atoms with Crippen molar-refractivity contribution in [1.29, 1.82) is 0 Å². The largest absolute Gasteiger partial charge is 0.388 e. The Balaban J connectivity index is 2.63. The standard InChI is InChI=1S/C7H14O4/c1-3-5(8)7(10)6(9)4(2)11-3/h3-10H,1-2H3/t3-,4-,5+,6?,7?/m0/s1. The second kappa shape index (κ2) is 3.06. The van der Waals surface area contributed by atoms with Gasteiger partial charge >= 0.3 is 0 Å². The van der Waals surface area contributed by atoms with Crippen molar-refractivity contribution in [3.05, 3.63) is 0 Å². The van der Waals surface area contributed by atoms with Gasteiger partial charge in [-0.15, -0.1) is 0 Å². The Morgan fingerprint density at radius 1 is 0.818 bits per heavy atom. The summed E-state index contributed by atoms with van der Waals surface area (Å²) in [5, 5.41) is 27.6. The van der Waals surface area contributed by atoms with Crippen LogP contribution in [0, 0.1) is 0 Å². The molecule has 11 heavy (non-hydrogen) atoms. The zero-order valence-corrected chi connectivity index (χ0v) is 6.64. The van der Waals surface area contributed by atoms with Crippen molar-refractivity contribution in [3.63, 3.8) is 0 Å². The molecule has 1 rings (SSSR count). The monoisotopic (exact) mass is 162 g/mol. The molecule has 0 aromatic heterocycles. The summed E-state index contributed by atoms with van der Waals surface area (Å²) in [4.78, 5) is 0. The maximum absolute atomic E-state index is 9.21. The summed E-state index contributed by atoms with van der Waals surface area (Å²) in [6, 6.07) is 0. The summed E-state index contributed by atoms with van der Waals surface area (Å²) < 4.78 is 5.12. The van der Waals surface area contributed by atoms with Gasteiger partial charge in [0.05, 0.1) is 12.2 Å². The molecule has 1 aliphatic heterocycles. The van der Waals surface area contributed by atoms with E-state index < -0.39 is 30.5 Å². The number of aliphatic hydroxyl groups is 3. The molecule has 0 aromatic rings. The normalized spacial score (nSPS) is 52.6. The lowest BCUT2D eigenvalue weighted by molar-refractivity contribution is -0.211. The minimum atomic E-state index is -1.09. The van der Waals surface area contributed by atoms with E-state index in [0.29, 0.717) is 0 Å². The van der Waals surface area contributed by atoms with E-state index in [9.17, 15) is 15.3 Å². The average molecular weight is 162 g/mol. The van der Waals surface area contributed by atoms with Crippen LogP contribution in [0.5, 0.6) is 0 Å². The fraction of sp³-hybridized carbons (Fsp3) is 1.00. The maximum Gasteiger partial charge on any atom is 0.111 e. The fourth-order valence-electron chi connectivity index (χ4n) is 1.26. The molecule has 66 valence electrons. The molecule has 4 heteroatoms. The zero-order chi connectivity index (χ0) is 8.59. The van der Waals surface area contributed by atoms with Crippen molar-refractivity contribution < 1.29 is 20.1 Å². The van der Waals surface area contributed by atoms with Crippen LogP contribution in [-0.4, -0.2) is 45.8 Å². The SMILES string of the molecule is C[C@@H]1O[C@@H](C)[C@@H](O)C(O)C1O. The van der Waals surface area contributed by atoms with Gasteiger partial charge in [0.25, 0.3) is 0 Å². The van der Waals surface area contributed by atoms with E-state index >= 15 is 0 Å². The summed E-state index contributed by atoms with van der Waals surface area (Å²) in [5.74, 6) is 0. The molecule has 0 aromatic carbocycles. The van der Waals surface area contributed by atoms with Gasteiger partial charge in [-0.3, -0.25) is 0 Å². The Hall–Kier alpha value is -0.160.